The van der Waals surface area contributed by atoms with E-state index in [2.05, 4.69) is 22.1 Å². The van der Waals surface area contributed by atoms with Crippen LogP contribution < -0.4 is 5.32 Å². The summed E-state index contributed by atoms with van der Waals surface area (Å²) in [5.74, 6) is 2.90. The Morgan fingerprint density at radius 3 is 2.68 bits per heavy atom. The molecule has 3 aromatic rings. The number of aryl methyl sites for hydroxylation is 2. The standard InChI is InChI=1S/C22H26N4O2/c1-3-19-10-11-20(28-19)15-25-13-4-5-21(25)22(27)24-17-6-8-18(9-7-17)26-14-12-23-16(26)2/h6-12,14,21H,3-5,13,15H2,1-2H3,(H,24,27)/t21-/m0/s1. The van der Waals surface area contributed by atoms with E-state index in [1.54, 1.807) is 6.20 Å². The molecule has 1 aliphatic heterocycles. The fourth-order valence-corrected chi connectivity index (χ4v) is 3.79. The highest BCUT2D eigenvalue weighted by Gasteiger charge is 2.31. The highest BCUT2D eigenvalue weighted by Crippen LogP contribution is 2.23. The van der Waals surface area contributed by atoms with Gasteiger partial charge in [0.15, 0.2) is 0 Å². The summed E-state index contributed by atoms with van der Waals surface area (Å²) in [6.45, 7) is 5.64. The van der Waals surface area contributed by atoms with E-state index in [9.17, 15) is 4.79 Å². The Labute approximate surface area is 165 Å². The first-order valence-corrected chi connectivity index (χ1v) is 9.87. The zero-order valence-corrected chi connectivity index (χ0v) is 16.4. The molecule has 1 aromatic carbocycles. The minimum atomic E-state index is -0.120. The molecule has 6 heteroatoms. The van der Waals surface area contributed by atoms with Crippen molar-refractivity contribution in [3.8, 4) is 5.69 Å². The lowest BCUT2D eigenvalue weighted by Gasteiger charge is -2.22. The topological polar surface area (TPSA) is 63.3 Å². The summed E-state index contributed by atoms with van der Waals surface area (Å²) in [5, 5.41) is 3.07. The monoisotopic (exact) mass is 378 g/mol. The van der Waals surface area contributed by atoms with Gasteiger partial charge < -0.3 is 14.3 Å². The molecule has 0 unspecified atom stereocenters. The smallest absolute Gasteiger partial charge is 0.241 e. The van der Waals surface area contributed by atoms with Crippen LogP contribution in [0.15, 0.2) is 53.2 Å². The Morgan fingerprint density at radius 1 is 1.21 bits per heavy atom. The summed E-state index contributed by atoms with van der Waals surface area (Å²) in [4.78, 5) is 19.3. The predicted molar refractivity (Wildman–Crippen MR) is 108 cm³/mol. The molecule has 0 aliphatic carbocycles. The van der Waals surface area contributed by atoms with E-state index in [1.165, 1.54) is 0 Å². The van der Waals surface area contributed by atoms with Gasteiger partial charge in [-0.2, -0.15) is 0 Å². The van der Waals surface area contributed by atoms with Crippen molar-refractivity contribution in [1.29, 1.82) is 0 Å². The zero-order chi connectivity index (χ0) is 19.5. The van der Waals surface area contributed by atoms with E-state index in [4.69, 9.17) is 4.42 Å². The molecule has 1 saturated heterocycles. The molecular weight excluding hydrogens is 352 g/mol. The van der Waals surface area contributed by atoms with Crippen molar-refractivity contribution in [3.05, 3.63) is 66.1 Å². The molecule has 28 heavy (non-hydrogen) atoms. The lowest BCUT2D eigenvalue weighted by Crippen LogP contribution is -2.39. The minimum absolute atomic E-state index is 0.0475. The third-order valence-corrected chi connectivity index (χ3v) is 5.33. The van der Waals surface area contributed by atoms with Crippen molar-refractivity contribution in [2.24, 2.45) is 0 Å². The molecule has 1 N–H and O–H groups in total. The van der Waals surface area contributed by atoms with Gasteiger partial charge in [-0.3, -0.25) is 9.69 Å². The third-order valence-electron chi connectivity index (χ3n) is 5.33. The second-order valence-electron chi connectivity index (χ2n) is 7.23. The number of furan rings is 1. The maximum absolute atomic E-state index is 12.8. The van der Waals surface area contributed by atoms with E-state index >= 15 is 0 Å². The van der Waals surface area contributed by atoms with Gasteiger partial charge >= 0.3 is 0 Å². The Bertz CT molecular complexity index is 942. The summed E-state index contributed by atoms with van der Waals surface area (Å²) in [5.41, 5.74) is 1.84. The number of nitrogens with one attached hydrogen (secondary N) is 1. The van der Waals surface area contributed by atoms with Gasteiger partial charge in [0.1, 0.15) is 17.3 Å². The van der Waals surface area contributed by atoms with Crippen LogP contribution >= 0.6 is 0 Å². The summed E-state index contributed by atoms with van der Waals surface area (Å²) in [6, 6.07) is 11.8. The molecule has 1 aliphatic rings. The van der Waals surface area contributed by atoms with Crippen molar-refractivity contribution in [2.75, 3.05) is 11.9 Å². The minimum Gasteiger partial charge on any atom is -0.465 e. The molecular formula is C22H26N4O2. The number of imidazole rings is 1. The molecule has 0 saturated carbocycles. The number of hydrogen-bond donors (Lipinski definition) is 1. The average molecular weight is 378 g/mol. The van der Waals surface area contributed by atoms with Gasteiger partial charge in [0, 0.05) is 30.2 Å². The third kappa shape index (κ3) is 3.87. The Balaban J connectivity index is 1.40. The predicted octanol–water partition coefficient (Wildman–Crippen LogP) is 3.94. The number of carbonyl (C=O) groups is 1. The van der Waals surface area contributed by atoms with Gasteiger partial charge in [0.2, 0.25) is 5.91 Å². The van der Waals surface area contributed by atoms with Crippen LogP contribution in [0.2, 0.25) is 0 Å². The maximum atomic E-state index is 12.8. The Hall–Kier alpha value is -2.86. The number of likely N-dealkylation sites (tertiary alicyclic amines) is 1. The number of carbonyl (C=O) groups excluding carboxylic acids is 1. The molecule has 1 atom stereocenters. The van der Waals surface area contributed by atoms with Crippen molar-refractivity contribution in [1.82, 2.24) is 14.5 Å². The highest BCUT2D eigenvalue weighted by atomic mass is 16.3. The Kier molecular flexibility index (Phi) is 5.30. The van der Waals surface area contributed by atoms with Crippen LogP contribution in [0.25, 0.3) is 5.69 Å². The Morgan fingerprint density at radius 2 is 2.00 bits per heavy atom. The van der Waals surface area contributed by atoms with Crippen LogP contribution in [0.5, 0.6) is 0 Å². The lowest BCUT2D eigenvalue weighted by atomic mass is 10.2. The van der Waals surface area contributed by atoms with Crippen LogP contribution in [0.3, 0.4) is 0 Å². The number of anilines is 1. The molecule has 1 amide bonds. The van der Waals surface area contributed by atoms with E-state index in [1.807, 2.05) is 54.1 Å². The van der Waals surface area contributed by atoms with Crippen molar-refractivity contribution in [2.45, 2.75) is 45.7 Å². The van der Waals surface area contributed by atoms with Gasteiger partial charge in [-0.05, 0) is 62.7 Å². The summed E-state index contributed by atoms with van der Waals surface area (Å²) < 4.78 is 7.83. The number of amides is 1. The fourth-order valence-electron chi connectivity index (χ4n) is 3.79. The van der Waals surface area contributed by atoms with E-state index in [0.717, 1.165) is 54.5 Å². The second-order valence-corrected chi connectivity index (χ2v) is 7.23. The average Bonchev–Trinajstić information content (AvgIpc) is 3.44. The molecule has 1 fully saturated rings. The molecule has 4 rings (SSSR count). The zero-order valence-electron chi connectivity index (χ0n) is 16.4. The molecule has 0 radical (unpaired) electrons. The molecule has 2 aromatic heterocycles. The highest BCUT2D eigenvalue weighted by molar-refractivity contribution is 5.95. The van der Waals surface area contributed by atoms with Crippen LogP contribution in [-0.2, 0) is 17.8 Å². The van der Waals surface area contributed by atoms with Crippen molar-refractivity contribution >= 4 is 11.6 Å². The maximum Gasteiger partial charge on any atom is 0.241 e. The summed E-state index contributed by atoms with van der Waals surface area (Å²) >= 11 is 0. The first-order valence-electron chi connectivity index (χ1n) is 9.87. The summed E-state index contributed by atoms with van der Waals surface area (Å²) in [6.07, 6.45) is 6.50. The summed E-state index contributed by atoms with van der Waals surface area (Å²) in [7, 11) is 0. The SMILES string of the molecule is CCc1ccc(CN2CCC[C@H]2C(=O)Nc2ccc(-n3ccnc3C)cc2)o1. The fraction of sp³-hybridized carbons (Fsp3) is 0.364. The first kappa shape index (κ1) is 18.5. The molecule has 0 bridgehead atoms. The van der Waals surface area contributed by atoms with Crippen molar-refractivity contribution in [3.63, 3.8) is 0 Å². The van der Waals surface area contributed by atoms with Gasteiger partial charge in [0.25, 0.3) is 0 Å². The van der Waals surface area contributed by atoms with Crippen LogP contribution in [0, 0.1) is 6.92 Å². The van der Waals surface area contributed by atoms with E-state index in [-0.39, 0.29) is 11.9 Å². The van der Waals surface area contributed by atoms with Crippen LogP contribution in [0.4, 0.5) is 5.69 Å². The van der Waals surface area contributed by atoms with E-state index in [0.29, 0.717) is 6.54 Å². The van der Waals surface area contributed by atoms with Crippen LogP contribution in [-0.4, -0.2) is 32.9 Å². The van der Waals surface area contributed by atoms with E-state index < -0.39 is 0 Å². The molecule has 0 spiro atoms. The van der Waals surface area contributed by atoms with Gasteiger partial charge in [-0.1, -0.05) is 6.92 Å². The first-order chi connectivity index (χ1) is 13.6. The van der Waals surface area contributed by atoms with Crippen LogP contribution in [0.1, 0.15) is 37.1 Å². The van der Waals surface area contributed by atoms with Gasteiger partial charge in [-0.25, -0.2) is 4.98 Å². The quantitative estimate of drug-likeness (QED) is 0.706. The van der Waals surface area contributed by atoms with Gasteiger partial charge in [0.05, 0.1) is 12.6 Å². The number of nitrogens with zero attached hydrogens (tertiary/aromatic N) is 3. The number of benzene rings is 1. The number of rotatable bonds is 6. The molecule has 3 heterocycles. The largest absolute Gasteiger partial charge is 0.465 e. The number of aromatic nitrogens is 2. The number of hydrogen-bond acceptors (Lipinski definition) is 4. The van der Waals surface area contributed by atoms with Crippen molar-refractivity contribution < 1.29 is 9.21 Å². The van der Waals surface area contributed by atoms with Gasteiger partial charge in [-0.15, -0.1) is 0 Å². The normalized spacial score (nSPS) is 17.1. The molecule has 6 nitrogen and oxygen atoms in total. The second kappa shape index (κ2) is 8.02. The molecule has 146 valence electrons. The lowest BCUT2D eigenvalue weighted by molar-refractivity contribution is -0.120.